The van der Waals surface area contributed by atoms with Crippen molar-refractivity contribution in [3.8, 4) is 17.2 Å². The molecule has 0 atom stereocenters. The Labute approximate surface area is 205 Å². The average molecular weight is 489 g/mol. The molecule has 0 spiro atoms. The van der Waals surface area contributed by atoms with Crippen molar-refractivity contribution in [1.29, 1.82) is 0 Å². The molecular formula is C27H33FO7. The van der Waals surface area contributed by atoms with Gasteiger partial charge in [0.25, 0.3) is 0 Å². The Balaban J connectivity index is 0.00000179. The van der Waals surface area contributed by atoms with Crippen LogP contribution in [0.5, 0.6) is 17.2 Å². The highest BCUT2D eigenvalue weighted by atomic mass is 19.1. The SMILES string of the molecule is C=O.CCOc1cc(O)c(Cc2ccc(O)c(C(=O)c3ccc(F)cc3)c2)c(CC)c1.CO.CO. The van der Waals surface area contributed by atoms with E-state index < -0.39 is 11.6 Å². The number of aromatic hydroxyl groups is 2. The smallest absolute Gasteiger partial charge is 0.196 e. The van der Waals surface area contributed by atoms with Gasteiger partial charge in [-0.1, -0.05) is 13.0 Å². The Kier molecular flexibility index (Phi) is 15.0. The molecule has 190 valence electrons. The molecule has 0 radical (unpaired) electrons. The Bertz CT molecular complexity index is 1050. The van der Waals surface area contributed by atoms with Crippen molar-refractivity contribution >= 4 is 12.6 Å². The molecule has 0 aliphatic heterocycles. The second kappa shape index (κ2) is 16.8. The summed E-state index contributed by atoms with van der Waals surface area (Å²) in [6, 6.07) is 13.5. The third kappa shape index (κ3) is 8.84. The predicted molar refractivity (Wildman–Crippen MR) is 133 cm³/mol. The van der Waals surface area contributed by atoms with Crippen LogP contribution >= 0.6 is 0 Å². The van der Waals surface area contributed by atoms with Gasteiger partial charge in [0, 0.05) is 37.8 Å². The van der Waals surface area contributed by atoms with E-state index in [0.29, 0.717) is 25.2 Å². The predicted octanol–water partition coefficient (Wildman–Crippen LogP) is 4.05. The van der Waals surface area contributed by atoms with Gasteiger partial charge in [-0.3, -0.25) is 4.79 Å². The summed E-state index contributed by atoms with van der Waals surface area (Å²) >= 11 is 0. The quantitative estimate of drug-likeness (QED) is 0.370. The monoisotopic (exact) mass is 488 g/mol. The number of carbonyl (C=O) groups excluding carboxylic acids is 2. The van der Waals surface area contributed by atoms with E-state index in [1.54, 1.807) is 18.2 Å². The summed E-state index contributed by atoms with van der Waals surface area (Å²) in [7, 11) is 2.00. The minimum absolute atomic E-state index is 0.132. The summed E-state index contributed by atoms with van der Waals surface area (Å²) in [5, 5.41) is 34.7. The zero-order valence-corrected chi connectivity index (χ0v) is 20.4. The minimum Gasteiger partial charge on any atom is -0.508 e. The molecule has 0 saturated carbocycles. The Morgan fingerprint density at radius 1 is 0.886 bits per heavy atom. The number of hydrogen-bond donors (Lipinski definition) is 4. The van der Waals surface area contributed by atoms with Crippen molar-refractivity contribution in [1.82, 2.24) is 0 Å². The average Bonchev–Trinajstić information content (AvgIpc) is 2.90. The molecule has 0 bridgehead atoms. The lowest BCUT2D eigenvalue weighted by Gasteiger charge is -2.14. The molecule has 7 nitrogen and oxygen atoms in total. The second-order valence-electron chi connectivity index (χ2n) is 6.73. The van der Waals surface area contributed by atoms with Crippen LogP contribution < -0.4 is 4.74 Å². The number of ether oxygens (including phenoxy) is 1. The number of aliphatic hydroxyl groups excluding tert-OH is 2. The highest BCUT2D eigenvalue weighted by Gasteiger charge is 2.16. The van der Waals surface area contributed by atoms with Gasteiger partial charge in [-0.2, -0.15) is 0 Å². The Morgan fingerprint density at radius 3 is 2.03 bits per heavy atom. The molecule has 8 heteroatoms. The maximum absolute atomic E-state index is 13.1. The molecule has 35 heavy (non-hydrogen) atoms. The lowest BCUT2D eigenvalue weighted by atomic mass is 9.94. The topological polar surface area (TPSA) is 124 Å². The Morgan fingerprint density at radius 2 is 1.49 bits per heavy atom. The van der Waals surface area contributed by atoms with Gasteiger partial charge in [0.05, 0.1) is 12.2 Å². The zero-order valence-electron chi connectivity index (χ0n) is 20.4. The first-order valence-electron chi connectivity index (χ1n) is 10.7. The molecule has 0 heterocycles. The van der Waals surface area contributed by atoms with E-state index in [4.69, 9.17) is 19.7 Å². The van der Waals surface area contributed by atoms with Gasteiger partial charge in [0.1, 0.15) is 29.9 Å². The van der Waals surface area contributed by atoms with Crippen LogP contribution in [0.2, 0.25) is 0 Å². The van der Waals surface area contributed by atoms with Gasteiger partial charge in [-0.15, -0.1) is 0 Å². The summed E-state index contributed by atoms with van der Waals surface area (Å²) in [6.07, 6.45) is 1.11. The molecular weight excluding hydrogens is 455 g/mol. The molecule has 4 N–H and O–H groups in total. The summed E-state index contributed by atoms with van der Waals surface area (Å²) in [4.78, 5) is 20.7. The number of rotatable bonds is 7. The van der Waals surface area contributed by atoms with E-state index in [-0.39, 0.29) is 22.6 Å². The molecule has 0 fully saturated rings. The fourth-order valence-corrected chi connectivity index (χ4v) is 3.29. The van der Waals surface area contributed by atoms with Crippen molar-refractivity contribution in [2.75, 3.05) is 20.8 Å². The summed E-state index contributed by atoms with van der Waals surface area (Å²) < 4.78 is 18.6. The van der Waals surface area contributed by atoms with E-state index >= 15 is 0 Å². The molecule has 0 amide bonds. The maximum Gasteiger partial charge on any atom is 0.196 e. The lowest BCUT2D eigenvalue weighted by molar-refractivity contribution is -0.0980. The fourth-order valence-electron chi connectivity index (χ4n) is 3.29. The van der Waals surface area contributed by atoms with E-state index in [1.165, 1.54) is 30.3 Å². The first-order valence-corrected chi connectivity index (χ1v) is 10.7. The molecule has 0 aliphatic rings. The van der Waals surface area contributed by atoms with Crippen LogP contribution in [0.15, 0.2) is 54.6 Å². The lowest BCUT2D eigenvalue weighted by Crippen LogP contribution is -2.04. The summed E-state index contributed by atoms with van der Waals surface area (Å²) in [5.41, 5.74) is 2.90. The van der Waals surface area contributed by atoms with Crippen LogP contribution in [0.1, 0.15) is 46.5 Å². The highest BCUT2D eigenvalue weighted by Crippen LogP contribution is 2.32. The van der Waals surface area contributed by atoms with Crippen molar-refractivity contribution in [3.05, 3.63) is 88.2 Å². The largest absolute Gasteiger partial charge is 0.508 e. The standard InChI is InChI=1S/C24H23FO4.2CH4O.CH2O/c1-3-16-13-19(29-4-2)14-23(27)20(16)11-15-5-10-22(26)21(12-15)24(28)17-6-8-18(25)9-7-17;3*1-2/h5-10,12-14,26-27H,3-4,11H2,1-2H3;2*2H,1H3;1H2. The van der Waals surface area contributed by atoms with E-state index in [2.05, 4.69) is 0 Å². The molecule has 0 aliphatic carbocycles. The van der Waals surface area contributed by atoms with Gasteiger partial charge in [-0.05, 0) is 66.9 Å². The number of phenols is 2. The van der Waals surface area contributed by atoms with Crippen molar-refractivity contribution in [2.24, 2.45) is 0 Å². The van der Waals surface area contributed by atoms with Crippen LogP contribution in [-0.4, -0.2) is 53.8 Å². The van der Waals surface area contributed by atoms with Crippen molar-refractivity contribution in [2.45, 2.75) is 26.7 Å². The number of aliphatic hydroxyl groups is 2. The van der Waals surface area contributed by atoms with Crippen LogP contribution in [-0.2, 0) is 17.6 Å². The first kappa shape index (κ1) is 31.2. The zero-order chi connectivity index (χ0) is 27.0. The van der Waals surface area contributed by atoms with Gasteiger partial charge in [-0.25, -0.2) is 4.39 Å². The van der Waals surface area contributed by atoms with Crippen LogP contribution in [0.3, 0.4) is 0 Å². The van der Waals surface area contributed by atoms with Crippen LogP contribution in [0.4, 0.5) is 4.39 Å². The van der Waals surface area contributed by atoms with Gasteiger partial charge in [0.2, 0.25) is 0 Å². The second-order valence-corrected chi connectivity index (χ2v) is 6.73. The third-order valence-electron chi connectivity index (χ3n) is 4.78. The normalized spacial score (nSPS) is 9.34. The van der Waals surface area contributed by atoms with Gasteiger partial charge >= 0.3 is 0 Å². The number of ketones is 1. The molecule has 3 aromatic carbocycles. The van der Waals surface area contributed by atoms with Crippen molar-refractivity contribution in [3.63, 3.8) is 0 Å². The number of phenolic OH excluding ortho intramolecular Hbond substituents is 2. The van der Waals surface area contributed by atoms with Crippen LogP contribution in [0, 0.1) is 5.82 Å². The van der Waals surface area contributed by atoms with Gasteiger partial charge in [0.15, 0.2) is 5.78 Å². The Hall–Kier alpha value is -3.75. The molecule has 0 saturated heterocycles. The third-order valence-corrected chi connectivity index (χ3v) is 4.78. The minimum atomic E-state index is -0.433. The van der Waals surface area contributed by atoms with E-state index in [9.17, 15) is 19.4 Å². The highest BCUT2D eigenvalue weighted by molar-refractivity contribution is 6.10. The number of carbonyl (C=O) groups is 2. The summed E-state index contributed by atoms with van der Waals surface area (Å²) in [5.74, 6) is -0.223. The van der Waals surface area contributed by atoms with E-state index in [1.807, 2.05) is 26.7 Å². The molecule has 3 aromatic rings. The number of hydrogen-bond acceptors (Lipinski definition) is 7. The molecule has 0 unspecified atom stereocenters. The fraction of sp³-hybridized carbons (Fsp3) is 0.259. The summed E-state index contributed by atoms with van der Waals surface area (Å²) in [6.45, 7) is 6.38. The van der Waals surface area contributed by atoms with Gasteiger partial charge < -0.3 is 30.0 Å². The number of halogens is 1. The van der Waals surface area contributed by atoms with Crippen LogP contribution in [0.25, 0.3) is 0 Å². The number of benzene rings is 3. The maximum atomic E-state index is 13.1. The molecule has 3 rings (SSSR count). The molecule has 0 aromatic heterocycles. The van der Waals surface area contributed by atoms with Crippen molar-refractivity contribution < 1.29 is 39.1 Å². The van der Waals surface area contributed by atoms with E-state index in [0.717, 1.165) is 30.9 Å². The number of aryl methyl sites for hydroxylation is 1. The first-order chi connectivity index (χ1) is 16.9.